The molecule has 0 saturated carbocycles. The minimum Gasteiger partial charge on any atom is -0.481 e. The Hall–Kier alpha value is -1.49. The van der Waals surface area contributed by atoms with Crippen molar-refractivity contribution in [2.24, 2.45) is 5.92 Å². The van der Waals surface area contributed by atoms with Crippen molar-refractivity contribution in [2.45, 2.75) is 33.1 Å². The number of aliphatic carboxylic acids is 1. The zero-order chi connectivity index (χ0) is 16.4. The van der Waals surface area contributed by atoms with Crippen LogP contribution in [0.5, 0.6) is 0 Å². The molecule has 0 heterocycles. The highest BCUT2D eigenvalue weighted by Crippen LogP contribution is 2.11. The molecule has 0 aliphatic carbocycles. The van der Waals surface area contributed by atoms with Gasteiger partial charge in [-0.2, -0.15) is 0 Å². The zero-order valence-corrected chi connectivity index (χ0v) is 14.1. The van der Waals surface area contributed by atoms with Crippen molar-refractivity contribution < 1.29 is 14.7 Å². The first-order valence-electron chi connectivity index (χ1n) is 7.61. The van der Waals surface area contributed by atoms with Gasteiger partial charge in [-0.1, -0.05) is 38.1 Å². The first-order valence-corrected chi connectivity index (χ1v) is 8.77. The van der Waals surface area contributed by atoms with Crippen LogP contribution in [0, 0.1) is 5.92 Å². The topological polar surface area (TPSA) is 66.4 Å². The van der Waals surface area contributed by atoms with E-state index in [2.05, 4.69) is 43.4 Å². The first-order chi connectivity index (χ1) is 10.5. The minimum absolute atomic E-state index is 0.0159. The van der Waals surface area contributed by atoms with E-state index in [4.69, 9.17) is 5.11 Å². The number of hydrogen-bond donors (Lipinski definition) is 2. The quantitative estimate of drug-likeness (QED) is 0.650. The highest BCUT2D eigenvalue weighted by molar-refractivity contribution is 7.99. The Morgan fingerprint density at radius 2 is 1.82 bits per heavy atom. The molecule has 2 N–H and O–H groups in total. The van der Waals surface area contributed by atoms with Crippen molar-refractivity contribution in [3.63, 3.8) is 0 Å². The summed E-state index contributed by atoms with van der Waals surface area (Å²) in [6.07, 6.45) is 2.28. The van der Waals surface area contributed by atoms with Crippen LogP contribution in [0.2, 0.25) is 0 Å². The second-order valence-electron chi connectivity index (χ2n) is 5.71. The number of aryl methyl sites for hydroxylation is 1. The minimum atomic E-state index is -0.822. The molecule has 0 spiro atoms. The van der Waals surface area contributed by atoms with Gasteiger partial charge in [-0.25, -0.2) is 0 Å². The number of carbonyl (C=O) groups excluding carboxylic acids is 1. The summed E-state index contributed by atoms with van der Waals surface area (Å²) in [6, 6.07) is 8.45. The summed E-state index contributed by atoms with van der Waals surface area (Å²) >= 11 is 1.31. The molecular formula is C17H25NO3S. The predicted octanol–water partition coefficient (Wildman–Crippen LogP) is 2.75. The van der Waals surface area contributed by atoms with Gasteiger partial charge in [0, 0.05) is 18.7 Å². The van der Waals surface area contributed by atoms with Crippen LogP contribution in [-0.2, 0) is 22.4 Å². The van der Waals surface area contributed by atoms with Crippen LogP contribution in [0.4, 0.5) is 0 Å². The molecule has 5 heteroatoms. The third-order valence-corrected chi connectivity index (χ3v) is 4.05. The van der Waals surface area contributed by atoms with E-state index in [0.717, 1.165) is 12.8 Å². The molecule has 0 atom stereocenters. The molecule has 0 bridgehead atoms. The summed E-state index contributed by atoms with van der Waals surface area (Å²) in [6.45, 7) is 4.92. The monoisotopic (exact) mass is 323 g/mol. The van der Waals surface area contributed by atoms with Crippen molar-refractivity contribution in [1.29, 1.82) is 0 Å². The number of thioether (sulfide) groups is 1. The summed E-state index contributed by atoms with van der Waals surface area (Å²) in [5.74, 6) is 0.552. The normalized spacial score (nSPS) is 10.7. The lowest BCUT2D eigenvalue weighted by atomic mass is 10.0. The van der Waals surface area contributed by atoms with Crippen molar-refractivity contribution in [2.75, 3.05) is 18.1 Å². The molecule has 22 heavy (non-hydrogen) atoms. The maximum absolute atomic E-state index is 11.7. The van der Waals surface area contributed by atoms with Gasteiger partial charge in [0.05, 0.1) is 5.75 Å². The largest absolute Gasteiger partial charge is 0.481 e. The molecule has 0 fully saturated rings. The van der Waals surface area contributed by atoms with E-state index in [1.165, 1.54) is 22.9 Å². The van der Waals surface area contributed by atoms with E-state index in [0.29, 0.717) is 24.6 Å². The van der Waals surface area contributed by atoms with Gasteiger partial charge in [-0.05, 0) is 29.9 Å². The summed E-state index contributed by atoms with van der Waals surface area (Å²) in [7, 11) is 0. The molecule has 1 aromatic carbocycles. The molecule has 0 unspecified atom stereocenters. The van der Waals surface area contributed by atoms with Crippen molar-refractivity contribution >= 4 is 23.6 Å². The van der Waals surface area contributed by atoms with Gasteiger partial charge >= 0.3 is 5.97 Å². The average molecular weight is 323 g/mol. The van der Waals surface area contributed by atoms with E-state index in [9.17, 15) is 9.59 Å². The maximum Gasteiger partial charge on any atom is 0.313 e. The Balaban J connectivity index is 2.19. The predicted molar refractivity (Wildman–Crippen MR) is 91.3 cm³/mol. The zero-order valence-electron chi connectivity index (χ0n) is 13.3. The Bertz CT molecular complexity index is 471. The third-order valence-electron chi connectivity index (χ3n) is 3.10. The van der Waals surface area contributed by atoms with Gasteiger partial charge < -0.3 is 10.4 Å². The molecule has 0 aliphatic heterocycles. The molecule has 0 aromatic heterocycles. The fourth-order valence-corrected chi connectivity index (χ4v) is 2.65. The molecular weight excluding hydrogens is 298 g/mol. The standard InChI is InChI=1S/C17H25NO3S/c1-13(2)11-15-5-3-14(4-6-15)7-8-16(19)18-9-10-22-12-17(20)21/h3-6,13H,7-12H2,1-2H3,(H,18,19)(H,20,21). The van der Waals surface area contributed by atoms with Gasteiger partial charge in [0.2, 0.25) is 5.91 Å². The molecule has 4 nitrogen and oxygen atoms in total. The van der Waals surface area contributed by atoms with Crippen LogP contribution in [0.25, 0.3) is 0 Å². The Morgan fingerprint density at radius 3 is 2.41 bits per heavy atom. The number of carbonyl (C=O) groups is 2. The molecule has 1 amide bonds. The maximum atomic E-state index is 11.7. The van der Waals surface area contributed by atoms with Gasteiger partial charge in [0.15, 0.2) is 0 Å². The lowest BCUT2D eigenvalue weighted by molar-refractivity contribution is -0.133. The number of hydrogen-bond acceptors (Lipinski definition) is 3. The fourth-order valence-electron chi connectivity index (χ4n) is 2.08. The van der Waals surface area contributed by atoms with Crippen molar-refractivity contribution in [1.82, 2.24) is 5.32 Å². The number of carboxylic acids is 1. The number of rotatable bonds is 10. The molecule has 0 aliphatic rings. The van der Waals surface area contributed by atoms with Gasteiger partial charge in [-0.3, -0.25) is 9.59 Å². The fraction of sp³-hybridized carbons (Fsp3) is 0.529. The van der Waals surface area contributed by atoms with E-state index in [1.807, 2.05) is 0 Å². The lowest BCUT2D eigenvalue weighted by Gasteiger charge is -2.07. The third kappa shape index (κ3) is 8.72. The number of nitrogens with one attached hydrogen (secondary N) is 1. The molecule has 0 radical (unpaired) electrons. The SMILES string of the molecule is CC(C)Cc1ccc(CCC(=O)NCCSCC(=O)O)cc1. The second kappa shape index (κ2) is 10.3. The summed E-state index contributed by atoms with van der Waals surface area (Å²) in [4.78, 5) is 22.0. The smallest absolute Gasteiger partial charge is 0.313 e. The number of carboxylic acid groups (broad SMARTS) is 1. The Kier molecular flexibility index (Phi) is 8.67. The highest BCUT2D eigenvalue weighted by atomic mass is 32.2. The Morgan fingerprint density at radius 1 is 1.18 bits per heavy atom. The Labute approximate surface area is 136 Å². The van der Waals surface area contributed by atoms with Gasteiger partial charge in [-0.15, -0.1) is 11.8 Å². The van der Waals surface area contributed by atoms with E-state index >= 15 is 0 Å². The van der Waals surface area contributed by atoms with E-state index in [-0.39, 0.29) is 11.7 Å². The summed E-state index contributed by atoms with van der Waals surface area (Å²) in [5, 5.41) is 11.3. The lowest BCUT2D eigenvalue weighted by Crippen LogP contribution is -2.26. The van der Waals surface area contributed by atoms with Crippen molar-refractivity contribution in [3.8, 4) is 0 Å². The second-order valence-corrected chi connectivity index (χ2v) is 6.82. The van der Waals surface area contributed by atoms with Gasteiger partial charge in [0.25, 0.3) is 0 Å². The summed E-state index contributed by atoms with van der Waals surface area (Å²) in [5.41, 5.74) is 2.50. The first kappa shape index (κ1) is 18.6. The summed E-state index contributed by atoms with van der Waals surface area (Å²) < 4.78 is 0. The highest BCUT2D eigenvalue weighted by Gasteiger charge is 2.03. The molecule has 122 valence electrons. The van der Waals surface area contributed by atoms with Crippen LogP contribution in [0.1, 0.15) is 31.4 Å². The van der Waals surface area contributed by atoms with Gasteiger partial charge in [0.1, 0.15) is 0 Å². The molecule has 1 rings (SSSR count). The van der Waals surface area contributed by atoms with E-state index in [1.54, 1.807) is 0 Å². The van der Waals surface area contributed by atoms with E-state index < -0.39 is 5.97 Å². The number of amides is 1. The van der Waals surface area contributed by atoms with Crippen LogP contribution in [0.3, 0.4) is 0 Å². The average Bonchev–Trinajstić information content (AvgIpc) is 2.45. The molecule has 1 aromatic rings. The number of benzene rings is 1. The van der Waals surface area contributed by atoms with Crippen molar-refractivity contribution in [3.05, 3.63) is 35.4 Å². The molecule has 0 saturated heterocycles. The van der Waals surface area contributed by atoms with Crippen LogP contribution in [-0.4, -0.2) is 35.0 Å². The van der Waals surface area contributed by atoms with Crippen LogP contribution < -0.4 is 5.32 Å². The van der Waals surface area contributed by atoms with Crippen LogP contribution >= 0.6 is 11.8 Å². The van der Waals surface area contributed by atoms with Crippen LogP contribution in [0.15, 0.2) is 24.3 Å².